The van der Waals surface area contributed by atoms with E-state index < -0.39 is 23.5 Å². The lowest BCUT2D eigenvalue weighted by Crippen LogP contribution is -2.42. The number of likely N-dealkylation sites (tertiary alicyclic amines) is 1. The second kappa shape index (κ2) is 11.2. The van der Waals surface area contributed by atoms with Crippen LogP contribution in [0.5, 0.6) is 5.75 Å². The van der Waals surface area contributed by atoms with Gasteiger partial charge in [0.1, 0.15) is 17.1 Å². The van der Waals surface area contributed by atoms with Crippen molar-refractivity contribution in [1.29, 1.82) is 0 Å². The zero-order valence-corrected chi connectivity index (χ0v) is 23.1. The van der Waals surface area contributed by atoms with Gasteiger partial charge in [-0.1, -0.05) is 18.2 Å². The molecule has 2 aliphatic heterocycles. The van der Waals surface area contributed by atoms with Crippen LogP contribution in [-0.4, -0.2) is 68.1 Å². The predicted octanol–water partition coefficient (Wildman–Crippen LogP) is 5.25. The number of hydrogen-bond donors (Lipinski definition) is 1. The summed E-state index contributed by atoms with van der Waals surface area (Å²) in [4.78, 5) is 28.8. The number of benzene rings is 2. The van der Waals surface area contributed by atoms with E-state index in [1.807, 2.05) is 25.1 Å². The number of nitrogens with zero attached hydrogens (tertiary/aromatic N) is 2. The van der Waals surface area contributed by atoms with Gasteiger partial charge in [-0.2, -0.15) is 0 Å². The topological polar surface area (TPSA) is 88.5 Å². The number of hydrogen-bond acceptors (Lipinski definition) is 8. The summed E-state index contributed by atoms with van der Waals surface area (Å²) in [6.07, 6.45) is 5.46. The number of carbonyl (C=O) groups excluding carboxylic acids is 2. The van der Waals surface area contributed by atoms with Crippen molar-refractivity contribution in [3.8, 4) is 5.75 Å². The van der Waals surface area contributed by atoms with Crippen molar-refractivity contribution >= 4 is 35.8 Å². The van der Waals surface area contributed by atoms with Crippen LogP contribution in [0.3, 0.4) is 0 Å². The number of fused-ring (bicyclic) bond motifs is 3. The molecule has 0 spiro atoms. The van der Waals surface area contributed by atoms with Crippen LogP contribution in [0.1, 0.15) is 53.6 Å². The van der Waals surface area contributed by atoms with Gasteiger partial charge in [0.05, 0.1) is 32.1 Å². The normalized spacial score (nSPS) is 21.5. The molecule has 208 valence electrons. The van der Waals surface area contributed by atoms with E-state index in [0.717, 1.165) is 37.0 Å². The summed E-state index contributed by atoms with van der Waals surface area (Å²) < 4.78 is 31.7. The molecule has 1 aliphatic carbocycles. The van der Waals surface area contributed by atoms with E-state index >= 15 is 0 Å². The average molecular weight is 557 g/mol. The van der Waals surface area contributed by atoms with Gasteiger partial charge in [0.25, 0.3) is 0 Å². The van der Waals surface area contributed by atoms with Crippen molar-refractivity contribution in [2.24, 2.45) is 5.92 Å². The van der Waals surface area contributed by atoms with E-state index in [1.165, 1.54) is 30.7 Å². The third-order valence-electron chi connectivity index (χ3n) is 7.63. The number of amides is 1. The highest BCUT2D eigenvalue weighted by molar-refractivity contribution is 8.01. The fraction of sp³-hybridized carbons (Fsp3) is 0.448. The summed E-state index contributed by atoms with van der Waals surface area (Å²) in [5.41, 5.74) is 1.33. The summed E-state index contributed by atoms with van der Waals surface area (Å²) in [6, 6.07) is 7.92. The second-order valence-corrected chi connectivity index (χ2v) is 11.5. The van der Waals surface area contributed by atoms with Gasteiger partial charge in [0.2, 0.25) is 0 Å². The molecule has 8 nitrogen and oxygen atoms in total. The minimum atomic E-state index is -0.704. The molecule has 1 unspecified atom stereocenters. The molecule has 39 heavy (non-hydrogen) atoms. The van der Waals surface area contributed by atoms with Crippen LogP contribution in [0.15, 0.2) is 41.3 Å². The first-order valence-electron chi connectivity index (χ1n) is 13.1. The van der Waals surface area contributed by atoms with Crippen molar-refractivity contribution in [3.05, 3.63) is 58.9 Å². The molecule has 1 saturated heterocycles. The number of esters is 1. The van der Waals surface area contributed by atoms with E-state index in [-0.39, 0.29) is 11.3 Å². The molecule has 0 bridgehead atoms. The van der Waals surface area contributed by atoms with Gasteiger partial charge < -0.3 is 19.3 Å². The van der Waals surface area contributed by atoms with Crippen LogP contribution in [0.2, 0.25) is 0 Å². The Bertz CT molecular complexity index is 1290. The Kier molecular flexibility index (Phi) is 7.89. The summed E-state index contributed by atoms with van der Waals surface area (Å²) in [7, 11) is 2.55. The van der Waals surface area contributed by atoms with Gasteiger partial charge in [-0.15, -0.1) is 0 Å². The minimum absolute atomic E-state index is 0.165. The Labute approximate surface area is 231 Å². The SMILES string of the molecule is COC(=O)c1c(N(Sc2ccc(F)cc2/C=C\CN2CCC(C)(O)CC2)C(=O)OC)ccc2c1OC[C@@H]1CC21. The molecule has 2 aromatic carbocycles. The van der Waals surface area contributed by atoms with E-state index in [0.29, 0.717) is 54.0 Å². The maximum absolute atomic E-state index is 14.3. The summed E-state index contributed by atoms with van der Waals surface area (Å²) in [5, 5.41) is 10.2. The van der Waals surface area contributed by atoms with E-state index in [9.17, 15) is 19.1 Å². The molecular weight excluding hydrogens is 523 g/mol. The number of piperidine rings is 1. The Morgan fingerprint density at radius 1 is 1.23 bits per heavy atom. The fourth-order valence-corrected chi connectivity index (χ4v) is 6.11. The maximum Gasteiger partial charge on any atom is 0.424 e. The molecule has 1 amide bonds. The number of ether oxygens (including phenoxy) is 3. The molecular formula is C29H33FN2O6S. The van der Waals surface area contributed by atoms with Gasteiger partial charge in [-0.3, -0.25) is 4.90 Å². The standard InChI is InChI=1S/C29H33FN2O6S/c1-29(35)10-13-31(14-11-29)12-4-5-18-15-20(30)6-9-24(18)39-32(28(34)37-3)23-8-7-21-22-16-19(22)17-38-26(21)25(23)27(33)36-2/h4-9,15,19,22,35H,10-14,16-17H2,1-3H3/b5-4-/t19-,22?/m0/s1. The molecule has 3 aliphatic rings. The highest BCUT2D eigenvalue weighted by Gasteiger charge is 2.46. The second-order valence-electron chi connectivity index (χ2n) is 10.5. The van der Waals surface area contributed by atoms with Crippen molar-refractivity contribution < 1.29 is 33.3 Å². The molecule has 0 aromatic heterocycles. The Morgan fingerprint density at radius 2 is 2.00 bits per heavy atom. The third-order valence-corrected chi connectivity index (χ3v) is 8.73. The van der Waals surface area contributed by atoms with Crippen LogP contribution < -0.4 is 9.04 Å². The first-order chi connectivity index (χ1) is 18.7. The van der Waals surface area contributed by atoms with E-state index in [1.54, 1.807) is 12.1 Å². The Balaban J connectivity index is 1.44. The molecule has 1 saturated carbocycles. The quantitative estimate of drug-likeness (QED) is 0.366. The molecule has 2 heterocycles. The average Bonchev–Trinajstić information content (AvgIpc) is 3.72. The van der Waals surface area contributed by atoms with E-state index in [4.69, 9.17) is 14.2 Å². The van der Waals surface area contributed by atoms with Gasteiger partial charge in [0.15, 0.2) is 0 Å². The van der Waals surface area contributed by atoms with Crippen molar-refractivity contribution in [2.75, 3.05) is 44.8 Å². The van der Waals surface area contributed by atoms with Crippen LogP contribution in [0, 0.1) is 11.7 Å². The number of rotatable bonds is 7. The molecule has 2 aromatic rings. The van der Waals surface area contributed by atoms with Crippen molar-refractivity contribution in [2.45, 2.75) is 42.6 Å². The monoisotopic (exact) mass is 556 g/mol. The third kappa shape index (κ3) is 5.92. The maximum atomic E-state index is 14.3. The zero-order chi connectivity index (χ0) is 27.7. The van der Waals surface area contributed by atoms with Crippen LogP contribution in [0.4, 0.5) is 14.9 Å². The Morgan fingerprint density at radius 3 is 2.72 bits per heavy atom. The first-order valence-corrected chi connectivity index (χ1v) is 13.8. The van der Waals surface area contributed by atoms with Gasteiger partial charge in [0, 0.05) is 30.4 Å². The van der Waals surface area contributed by atoms with Gasteiger partial charge in [-0.25, -0.2) is 18.3 Å². The zero-order valence-electron chi connectivity index (χ0n) is 22.3. The van der Waals surface area contributed by atoms with Crippen LogP contribution in [0.25, 0.3) is 6.08 Å². The van der Waals surface area contributed by atoms with Crippen molar-refractivity contribution in [3.63, 3.8) is 0 Å². The van der Waals surface area contributed by atoms with Crippen LogP contribution >= 0.6 is 11.9 Å². The van der Waals surface area contributed by atoms with Gasteiger partial charge >= 0.3 is 12.1 Å². The first kappa shape index (κ1) is 27.5. The lowest BCUT2D eigenvalue weighted by molar-refractivity contribution is -0.00242. The fourth-order valence-electron chi connectivity index (χ4n) is 5.15. The molecule has 1 N–H and O–H groups in total. The number of methoxy groups -OCH3 is 2. The smallest absolute Gasteiger partial charge is 0.424 e. The number of carbonyl (C=O) groups is 2. The Hall–Kier alpha value is -3.08. The van der Waals surface area contributed by atoms with E-state index in [2.05, 4.69) is 4.90 Å². The number of aliphatic hydroxyl groups is 1. The largest absolute Gasteiger partial charge is 0.492 e. The highest BCUT2D eigenvalue weighted by atomic mass is 32.2. The summed E-state index contributed by atoms with van der Waals surface area (Å²) in [6.45, 7) is 4.56. The van der Waals surface area contributed by atoms with Crippen molar-refractivity contribution in [1.82, 2.24) is 4.90 Å². The molecule has 0 radical (unpaired) electrons. The minimum Gasteiger partial charge on any atom is -0.492 e. The predicted molar refractivity (Wildman–Crippen MR) is 147 cm³/mol. The highest BCUT2D eigenvalue weighted by Crippen LogP contribution is 2.56. The molecule has 5 rings (SSSR count). The summed E-state index contributed by atoms with van der Waals surface area (Å²) in [5.74, 6) is 0.202. The lowest BCUT2D eigenvalue weighted by atomic mass is 9.94. The molecule has 2 atom stereocenters. The van der Waals surface area contributed by atoms with Gasteiger partial charge in [-0.05, 0) is 79.4 Å². The molecule has 2 fully saturated rings. The summed E-state index contributed by atoms with van der Waals surface area (Å²) >= 11 is 1.03. The number of anilines is 1. The van der Waals surface area contributed by atoms with Crippen LogP contribution in [-0.2, 0) is 9.47 Å². The number of halogens is 1. The lowest BCUT2D eigenvalue weighted by Gasteiger charge is -2.35. The molecule has 10 heteroatoms.